The molecular weight excluding hydrogens is 196 g/mol. The van der Waals surface area contributed by atoms with Crippen molar-refractivity contribution >= 4 is 5.57 Å². The quantitative estimate of drug-likeness (QED) is 0.744. The van der Waals surface area contributed by atoms with Gasteiger partial charge in [-0.05, 0) is 30.5 Å². The second kappa shape index (κ2) is 3.63. The standard InChI is InChI=1S/C14H14N2/c1-10-7-8-15-13-9-12(16-14(10)13)11-5-3-2-4-6-11/h2-6,9,16H,7-8H2,1H3. The van der Waals surface area contributed by atoms with Crippen LogP contribution in [0.15, 0.2) is 41.4 Å². The number of H-pyrrole nitrogens is 1. The van der Waals surface area contributed by atoms with Crippen LogP contribution in [0.1, 0.15) is 13.3 Å². The first kappa shape index (κ1) is 9.40. The molecule has 0 amide bonds. The van der Waals surface area contributed by atoms with Crippen molar-refractivity contribution < 1.29 is 0 Å². The number of hydrogen-bond donors (Lipinski definition) is 1. The van der Waals surface area contributed by atoms with Crippen LogP contribution in [-0.4, -0.2) is 11.5 Å². The van der Waals surface area contributed by atoms with Crippen molar-refractivity contribution in [2.75, 3.05) is 6.54 Å². The normalized spacial score (nSPS) is 14.4. The zero-order valence-corrected chi connectivity index (χ0v) is 9.33. The Balaban J connectivity index is 2.24. The topological polar surface area (TPSA) is 28.1 Å². The summed E-state index contributed by atoms with van der Waals surface area (Å²) >= 11 is 0. The third-order valence-electron chi connectivity index (χ3n) is 3.08. The van der Waals surface area contributed by atoms with E-state index in [1.165, 1.54) is 16.5 Å². The zero-order chi connectivity index (χ0) is 11.0. The Labute approximate surface area is 94.4 Å². The number of fused-ring (bicyclic) bond motifs is 1. The summed E-state index contributed by atoms with van der Waals surface area (Å²) in [6, 6.07) is 12.5. The molecule has 3 rings (SSSR count). The summed E-state index contributed by atoms with van der Waals surface area (Å²) in [5.74, 6) is 0. The van der Waals surface area contributed by atoms with E-state index in [1.807, 2.05) is 6.07 Å². The van der Waals surface area contributed by atoms with E-state index in [-0.39, 0.29) is 0 Å². The number of hydrogen-bond acceptors (Lipinski definition) is 1. The Hall–Kier alpha value is -1.83. The lowest BCUT2D eigenvalue weighted by Gasteiger charge is -2.00. The van der Waals surface area contributed by atoms with Crippen LogP contribution in [0.4, 0.5) is 0 Å². The van der Waals surface area contributed by atoms with Crippen LogP contribution in [0.5, 0.6) is 0 Å². The minimum Gasteiger partial charge on any atom is -0.353 e. The summed E-state index contributed by atoms with van der Waals surface area (Å²) in [6.45, 7) is 3.10. The number of nitrogens with zero attached hydrogens (tertiary/aromatic N) is 1. The van der Waals surface area contributed by atoms with Crippen molar-refractivity contribution in [3.8, 4) is 11.3 Å². The molecule has 0 spiro atoms. The number of aromatic amines is 1. The second-order valence-electron chi connectivity index (χ2n) is 4.22. The Morgan fingerprint density at radius 2 is 2.00 bits per heavy atom. The van der Waals surface area contributed by atoms with Crippen molar-refractivity contribution in [1.82, 2.24) is 4.98 Å². The van der Waals surface area contributed by atoms with E-state index in [1.54, 1.807) is 0 Å². The summed E-state index contributed by atoms with van der Waals surface area (Å²) in [5.41, 5.74) is 3.79. The lowest BCUT2D eigenvalue weighted by Crippen LogP contribution is -2.28. The number of nitrogens with one attached hydrogen (secondary N) is 1. The van der Waals surface area contributed by atoms with Gasteiger partial charge in [0.2, 0.25) is 0 Å². The molecule has 2 nitrogen and oxygen atoms in total. The first-order valence-electron chi connectivity index (χ1n) is 5.63. The van der Waals surface area contributed by atoms with Crippen LogP contribution < -0.4 is 10.7 Å². The van der Waals surface area contributed by atoms with Gasteiger partial charge >= 0.3 is 0 Å². The Morgan fingerprint density at radius 1 is 1.19 bits per heavy atom. The van der Waals surface area contributed by atoms with Crippen molar-refractivity contribution in [1.29, 1.82) is 0 Å². The first-order valence-corrected chi connectivity index (χ1v) is 5.63. The molecule has 2 heteroatoms. The molecule has 1 aromatic heterocycles. The highest BCUT2D eigenvalue weighted by Crippen LogP contribution is 2.13. The fourth-order valence-electron chi connectivity index (χ4n) is 2.14. The number of benzene rings is 1. The summed E-state index contributed by atoms with van der Waals surface area (Å²) in [5, 5.41) is 2.33. The van der Waals surface area contributed by atoms with Gasteiger partial charge in [0.05, 0.1) is 10.7 Å². The van der Waals surface area contributed by atoms with Gasteiger partial charge in [-0.3, -0.25) is 4.99 Å². The van der Waals surface area contributed by atoms with E-state index in [0.29, 0.717) is 0 Å². The lowest BCUT2D eigenvalue weighted by molar-refractivity contribution is 0.926. The van der Waals surface area contributed by atoms with Crippen LogP contribution in [-0.2, 0) is 0 Å². The molecule has 0 saturated heterocycles. The molecule has 0 aliphatic carbocycles. The van der Waals surface area contributed by atoms with Crippen molar-refractivity contribution in [3.63, 3.8) is 0 Å². The summed E-state index contributed by atoms with van der Waals surface area (Å²) in [6.07, 6.45) is 1.07. The average molecular weight is 210 g/mol. The molecule has 1 aliphatic heterocycles. The molecule has 16 heavy (non-hydrogen) atoms. The molecule has 2 heterocycles. The maximum Gasteiger partial charge on any atom is 0.0829 e. The van der Waals surface area contributed by atoms with E-state index in [2.05, 4.69) is 47.2 Å². The smallest absolute Gasteiger partial charge is 0.0829 e. The van der Waals surface area contributed by atoms with E-state index in [0.717, 1.165) is 24.0 Å². The average Bonchev–Trinajstić information content (AvgIpc) is 2.76. The van der Waals surface area contributed by atoms with E-state index < -0.39 is 0 Å². The van der Waals surface area contributed by atoms with Crippen LogP contribution in [0.2, 0.25) is 0 Å². The highest BCUT2D eigenvalue weighted by atomic mass is 14.8. The van der Waals surface area contributed by atoms with Crippen LogP contribution in [0.3, 0.4) is 0 Å². The monoisotopic (exact) mass is 210 g/mol. The van der Waals surface area contributed by atoms with Gasteiger partial charge in [0, 0.05) is 12.2 Å². The van der Waals surface area contributed by atoms with E-state index >= 15 is 0 Å². The molecule has 0 bridgehead atoms. The van der Waals surface area contributed by atoms with Crippen molar-refractivity contribution in [2.24, 2.45) is 4.99 Å². The highest BCUT2D eigenvalue weighted by Gasteiger charge is 2.05. The fraction of sp³-hybridized carbons (Fsp3) is 0.214. The highest BCUT2D eigenvalue weighted by molar-refractivity contribution is 5.60. The van der Waals surface area contributed by atoms with Gasteiger partial charge in [-0.1, -0.05) is 30.3 Å². The van der Waals surface area contributed by atoms with Crippen LogP contribution in [0, 0.1) is 0 Å². The largest absolute Gasteiger partial charge is 0.353 e. The Bertz CT molecular complexity index is 621. The van der Waals surface area contributed by atoms with Gasteiger partial charge in [0.15, 0.2) is 0 Å². The van der Waals surface area contributed by atoms with Gasteiger partial charge in [0.25, 0.3) is 0 Å². The molecule has 0 saturated carbocycles. The third-order valence-corrected chi connectivity index (χ3v) is 3.08. The number of aromatic nitrogens is 1. The van der Waals surface area contributed by atoms with E-state index in [4.69, 9.17) is 0 Å². The molecule has 80 valence electrons. The molecule has 0 atom stereocenters. The minimum absolute atomic E-state index is 0.922. The molecule has 1 aromatic carbocycles. The maximum absolute atomic E-state index is 4.54. The molecule has 2 aromatic rings. The molecular formula is C14H14N2. The van der Waals surface area contributed by atoms with Gasteiger partial charge in [0.1, 0.15) is 0 Å². The molecule has 0 fully saturated rings. The summed E-state index contributed by atoms with van der Waals surface area (Å²) < 4.78 is 0. The first-order chi connectivity index (χ1) is 7.84. The SMILES string of the molecule is CC1=c2[nH]c(-c3ccccc3)cc2=NCC1. The fourth-order valence-corrected chi connectivity index (χ4v) is 2.14. The minimum atomic E-state index is 0.922. The Kier molecular flexibility index (Phi) is 2.13. The third kappa shape index (κ3) is 1.47. The Morgan fingerprint density at radius 3 is 2.75 bits per heavy atom. The van der Waals surface area contributed by atoms with E-state index in [9.17, 15) is 0 Å². The van der Waals surface area contributed by atoms with Gasteiger partial charge in [-0.15, -0.1) is 0 Å². The zero-order valence-electron chi connectivity index (χ0n) is 9.33. The van der Waals surface area contributed by atoms with Gasteiger partial charge < -0.3 is 4.98 Å². The van der Waals surface area contributed by atoms with Crippen LogP contribution >= 0.6 is 0 Å². The molecule has 0 radical (unpaired) electrons. The van der Waals surface area contributed by atoms with Crippen LogP contribution in [0.25, 0.3) is 16.8 Å². The second-order valence-corrected chi connectivity index (χ2v) is 4.22. The van der Waals surface area contributed by atoms with Crippen molar-refractivity contribution in [3.05, 3.63) is 47.1 Å². The molecule has 1 aliphatic rings. The summed E-state index contributed by atoms with van der Waals surface area (Å²) in [4.78, 5) is 8.01. The van der Waals surface area contributed by atoms with Gasteiger partial charge in [-0.25, -0.2) is 0 Å². The predicted octanol–water partition coefficient (Wildman–Crippen LogP) is 1.88. The van der Waals surface area contributed by atoms with Crippen molar-refractivity contribution in [2.45, 2.75) is 13.3 Å². The molecule has 1 N–H and O–H groups in total. The van der Waals surface area contributed by atoms with Gasteiger partial charge in [-0.2, -0.15) is 0 Å². The summed E-state index contributed by atoms with van der Waals surface area (Å²) in [7, 11) is 0. The maximum atomic E-state index is 4.54. The lowest BCUT2D eigenvalue weighted by atomic mass is 10.1. The molecule has 0 unspecified atom stereocenters. The predicted molar refractivity (Wildman–Crippen MR) is 65.6 cm³/mol. The number of rotatable bonds is 1.